The fraction of sp³-hybridized carbons (Fsp3) is 0.185. The van der Waals surface area contributed by atoms with Crippen LogP contribution in [-0.2, 0) is 20.9 Å². The van der Waals surface area contributed by atoms with Crippen LogP contribution in [0.2, 0.25) is 0 Å². The highest BCUT2D eigenvalue weighted by Crippen LogP contribution is 2.27. The van der Waals surface area contributed by atoms with Crippen molar-refractivity contribution < 1.29 is 28.7 Å². The van der Waals surface area contributed by atoms with Crippen LogP contribution >= 0.6 is 0 Å². The van der Waals surface area contributed by atoms with Crippen LogP contribution in [0.1, 0.15) is 22.3 Å². The number of nitrogens with one attached hydrogen (secondary N) is 2. The van der Waals surface area contributed by atoms with Gasteiger partial charge in [0.05, 0.1) is 6.61 Å². The third-order valence-corrected chi connectivity index (χ3v) is 5.42. The van der Waals surface area contributed by atoms with E-state index in [9.17, 15) is 9.59 Å². The summed E-state index contributed by atoms with van der Waals surface area (Å²) in [5, 5.41) is 12.8. The second-order valence-corrected chi connectivity index (χ2v) is 7.85. The lowest BCUT2D eigenvalue weighted by Gasteiger charge is -2.16. The molecule has 2 amide bonds. The van der Waals surface area contributed by atoms with Crippen molar-refractivity contribution >= 4 is 22.8 Å². The monoisotopic (exact) mass is 474 g/mol. The van der Waals surface area contributed by atoms with Gasteiger partial charge in [-0.25, -0.2) is 5.48 Å². The van der Waals surface area contributed by atoms with E-state index in [1.807, 2.05) is 72.8 Å². The molecule has 8 nitrogen and oxygen atoms in total. The average molecular weight is 475 g/mol. The minimum absolute atomic E-state index is 0.135. The number of benzene rings is 3. The summed E-state index contributed by atoms with van der Waals surface area (Å²) >= 11 is 0. The van der Waals surface area contributed by atoms with E-state index in [0.717, 1.165) is 27.9 Å². The first-order chi connectivity index (χ1) is 17.1. The number of hydroxylamine groups is 1. The Balaban J connectivity index is 1.25. The molecule has 0 bridgehead atoms. The van der Waals surface area contributed by atoms with E-state index in [1.54, 1.807) is 17.6 Å². The summed E-state index contributed by atoms with van der Waals surface area (Å²) in [6.07, 6.45) is -0.823. The van der Waals surface area contributed by atoms with Gasteiger partial charge in [-0.3, -0.25) is 14.8 Å². The minimum Gasteiger partial charge on any atom is -0.456 e. The van der Waals surface area contributed by atoms with Gasteiger partial charge in [0.15, 0.2) is 0 Å². The van der Waals surface area contributed by atoms with Gasteiger partial charge >= 0.3 is 0 Å². The van der Waals surface area contributed by atoms with Crippen molar-refractivity contribution in [3.05, 3.63) is 96.1 Å². The van der Waals surface area contributed by atoms with Crippen LogP contribution in [0.4, 0.5) is 0 Å². The van der Waals surface area contributed by atoms with E-state index < -0.39 is 12.0 Å². The number of hydrogen-bond acceptors (Lipinski definition) is 6. The van der Waals surface area contributed by atoms with Crippen molar-refractivity contribution in [2.75, 3.05) is 13.3 Å². The van der Waals surface area contributed by atoms with Gasteiger partial charge < -0.3 is 19.2 Å². The van der Waals surface area contributed by atoms with Gasteiger partial charge in [-0.15, -0.1) is 0 Å². The quantitative estimate of drug-likeness (QED) is 0.130. The first kappa shape index (κ1) is 24.2. The van der Waals surface area contributed by atoms with Crippen molar-refractivity contribution in [3.63, 3.8) is 0 Å². The van der Waals surface area contributed by atoms with Gasteiger partial charge in [0.1, 0.15) is 24.2 Å². The largest absolute Gasteiger partial charge is 0.456 e. The summed E-state index contributed by atoms with van der Waals surface area (Å²) in [5.41, 5.74) is 4.69. The van der Waals surface area contributed by atoms with E-state index in [-0.39, 0.29) is 25.7 Å². The van der Waals surface area contributed by atoms with Crippen LogP contribution in [0.3, 0.4) is 0 Å². The Bertz CT molecular complexity index is 1220. The summed E-state index contributed by atoms with van der Waals surface area (Å²) in [6.45, 7) is 0.361. The maximum atomic E-state index is 12.5. The zero-order chi connectivity index (χ0) is 24.5. The molecule has 0 saturated heterocycles. The summed E-state index contributed by atoms with van der Waals surface area (Å²) in [4.78, 5) is 24.4. The summed E-state index contributed by atoms with van der Waals surface area (Å²) in [6, 6.07) is 26.3. The van der Waals surface area contributed by atoms with Gasteiger partial charge in [-0.2, -0.15) is 0 Å². The van der Waals surface area contributed by atoms with Gasteiger partial charge in [0.2, 0.25) is 0 Å². The number of furan rings is 1. The number of amides is 2. The Morgan fingerprint density at radius 2 is 1.69 bits per heavy atom. The van der Waals surface area contributed by atoms with E-state index >= 15 is 0 Å². The smallest absolute Gasteiger partial charge is 0.272 e. The first-order valence-corrected chi connectivity index (χ1v) is 11.2. The van der Waals surface area contributed by atoms with E-state index in [1.165, 1.54) is 0 Å². The number of carbonyl (C=O) groups excluding carboxylic acids is 2. The summed E-state index contributed by atoms with van der Waals surface area (Å²) < 4.78 is 16.7. The molecule has 3 N–H and O–H groups in total. The maximum Gasteiger partial charge on any atom is 0.272 e. The number of ether oxygens (including phenoxy) is 2. The molecule has 1 aromatic heterocycles. The van der Waals surface area contributed by atoms with Gasteiger partial charge in [0.25, 0.3) is 11.8 Å². The van der Waals surface area contributed by atoms with E-state index in [2.05, 4.69) is 5.32 Å². The maximum absolute atomic E-state index is 12.5. The predicted molar refractivity (Wildman–Crippen MR) is 130 cm³/mol. The van der Waals surface area contributed by atoms with Crippen molar-refractivity contribution in [3.8, 4) is 11.3 Å². The molecular weight excluding hydrogens is 448 g/mol. The highest BCUT2D eigenvalue weighted by molar-refractivity contribution is 5.94. The predicted octanol–water partition coefficient (Wildman–Crippen LogP) is 4.28. The van der Waals surface area contributed by atoms with Crippen LogP contribution in [0.15, 0.2) is 89.3 Å². The SMILES string of the molecule is O=C(NCCC(OCOCc1ccccc1)C(=O)NO)c1ccc(-c2cc3ccccc3o2)cc1. The van der Waals surface area contributed by atoms with Crippen molar-refractivity contribution in [2.45, 2.75) is 19.1 Å². The molecule has 4 aromatic rings. The number of fused-ring (bicyclic) bond motifs is 1. The molecule has 8 heteroatoms. The van der Waals surface area contributed by atoms with Crippen molar-refractivity contribution in [1.29, 1.82) is 0 Å². The zero-order valence-electron chi connectivity index (χ0n) is 19.0. The molecular formula is C27H26N2O6. The number of carbonyl (C=O) groups is 2. The topological polar surface area (TPSA) is 110 Å². The van der Waals surface area contributed by atoms with E-state index in [0.29, 0.717) is 12.2 Å². The minimum atomic E-state index is -0.980. The molecule has 0 fully saturated rings. The molecule has 0 aliphatic rings. The molecule has 0 aliphatic carbocycles. The third kappa shape index (κ3) is 6.54. The lowest BCUT2D eigenvalue weighted by atomic mass is 10.1. The Hall–Kier alpha value is -3.98. The van der Waals surface area contributed by atoms with Gasteiger partial charge in [-0.05, 0) is 29.8 Å². The summed E-state index contributed by atoms with van der Waals surface area (Å²) in [7, 11) is 0. The molecule has 1 atom stereocenters. The molecule has 1 unspecified atom stereocenters. The lowest BCUT2D eigenvalue weighted by molar-refractivity contribution is -0.154. The molecule has 180 valence electrons. The second-order valence-electron chi connectivity index (χ2n) is 7.85. The fourth-order valence-corrected chi connectivity index (χ4v) is 3.55. The van der Waals surface area contributed by atoms with Gasteiger partial charge in [0, 0.05) is 29.5 Å². The van der Waals surface area contributed by atoms with Crippen LogP contribution in [0.25, 0.3) is 22.3 Å². The molecule has 0 aliphatic heterocycles. The number of para-hydroxylation sites is 1. The standard InChI is InChI=1S/C27H26N2O6/c30-26(21-12-10-20(11-13-21)25-16-22-8-4-5-9-23(22)35-25)28-15-14-24(27(31)29-32)34-18-33-17-19-6-2-1-3-7-19/h1-13,16,24,32H,14-15,17-18H2,(H,28,30)(H,29,31). The number of hydrogen-bond donors (Lipinski definition) is 3. The molecule has 0 radical (unpaired) electrons. The van der Waals surface area contributed by atoms with Crippen LogP contribution in [-0.4, -0.2) is 36.5 Å². The first-order valence-electron chi connectivity index (χ1n) is 11.2. The molecule has 3 aromatic carbocycles. The molecule has 0 saturated carbocycles. The van der Waals surface area contributed by atoms with Gasteiger partial charge in [-0.1, -0.05) is 60.7 Å². The molecule has 4 rings (SSSR count). The molecule has 35 heavy (non-hydrogen) atoms. The van der Waals surface area contributed by atoms with Crippen LogP contribution in [0.5, 0.6) is 0 Å². The second kappa shape index (κ2) is 11.9. The van der Waals surface area contributed by atoms with Crippen LogP contribution in [0, 0.1) is 0 Å². The van der Waals surface area contributed by atoms with E-state index in [4.69, 9.17) is 19.1 Å². The van der Waals surface area contributed by atoms with Crippen molar-refractivity contribution in [1.82, 2.24) is 10.8 Å². The summed E-state index contributed by atoms with van der Waals surface area (Å²) in [5.74, 6) is -0.273. The van der Waals surface area contributed by atoms with Crippen LogP contribution < -0.4 is 10.8 Å². The van der Waals surface area contributed by atoms with Crippen molar-refractivity contribution in [2.24, 2.45) is 0 Å². The normalized spacial score (nSPS) is 11.8. The fourth-order valence-electron chi connectivity index (χ4n) is 3.55. The molecule has 0 spiro atoms. The Kier molecular flexibility index (Phi) is 8.24. The third-order valence-electron chi connectivity index (χ3n) is 5.42. The Morgan fingerprint density at radius 3 is 2.43 bits per heavy atom. The highest BCUT2D eigenvalue weighted by Gasteiger charge is 2.19. The number of rotatable bonds is 11. The molecule has 1 heterocycles. The Labute approximate surface area is 202 Å². The zero-order valence-corrected chi connectivity index (χ0v) is 19.0. The highest BCUT2D eigenvalue weighted by atomic mass is 16.7. The lowest BCUT2D eigenvalue weighted by Crippen LogP contribution is -2.38. The Morgan fingerprint density at radius 1 is 0.943 bits per heavy atom. The average Bonchev–Trinajstić information content (AvgIpc) is 3.34.